The van der Waals surface area contributed by atoms with Crippen molar-refractivity contribution in [3.8, 4) is 28.4 Å². The molecule has 0 N–H and O–H groups in total. The number of pyridine rings is 1. The molecule has 4 heterocycles. The van der Waals surface area contributed by atoms with Crippen LogP contribution in [0.15, 0.2) is 176 Å². The molecule has 0 atom stereocenters. The fourth-order valence-electron chi connectivity index (χ4n) is 10.5. The molecule has 0 aliphatic carbocycles. The van der Waals surface area contributed by atoms with Gasteiger partial charge in [-0.15, -0.1) is 35.7 Å². The smallest absolute Gasteiger partial charge is 0.135 e. The molecular formula is C66H57N4OPt-3. The van der Waals surface area contributed by atoms with Crippen LogP contribution in [-0.4, -0.2) is 14.1 Å². The largest absolute Gasteiger partial charge is 0.509 e. The fourth-order valence-corrected chi connectivity index (χ4v) is 10.5. The number of aromatic nitrogens is 3. The van der Waals surface area contributed by atoms with E-state index in [1.165, 1.54) is 27.3 Å². The van der Waals surface area contributed by atoms with Crippen LogP contribution < -0.4 is 9.64 Å². The van der Waals surface area contributed by atoms with Crippen LogP contribution in [0.5, 0.6) is 11.5 Å². The van der Waals surface area contributed by atoms with Crippen LogP contribution in [0, 0.1) is 18.8 Å². The van der Waals surface area contributed by atoms with Crippen LogP contribution in [0.4, 0.5) is 11.4 Å². The fraction of sp³-hybridized carbons (Fsp3) is 0.182. The van der Waals surface area contributed by atoms with E-state index in [1.54, 1.807) is 0 Å². The number of ether oxygens (including phenoxy) is 1. The molecule has 6 heteroatoms. The molecule has 0 amide bonds. The third kappa shape index (κ3) is 7.99. The summed E-state index contributed by atoms with van der Waals surface area (Å²) in [5, 5.41) is 9.11. The van der Waals surface area contributed by atoms with E-state index in [4.69, 9.17) is 11.1 Å². The Kier molecular flexibility index (Phi) is 11.1. The summed E-state index contributed by atoms with van der Waals surface area (Å²) in [6, 6.07) is 66.3. The number of nitrogens with zero attached hydrogens (tertiary/aromatic N) is 4. The summed E-state index contributed by atoms with van der Waals surface area (Å²) in [5.74, 6) is 2.00. The maximum Gasteiger partial charge on any atom is 0.135 e. The molecule has 360 valence electrons. The van der Waals surface area contributed by atoms with Gasteiger partial charge >= 0.3 is 0 Å². The first-order chi connectivity index (χ1) is 34.5. The van der Waals surface area contributed by atoms with Crippen molar-refractivity contribution in [3.63, 3.8) is 0 Å². The molecule has 0 unspecified atom stereocenters. The molecule has 0 spiro atoms. The Hall–Kier alpha value is -7.33. The molecule has 3 aromatic heterocycles. The molecule has 0 fully saturated rings. The van der Waals surface area contributed by atoms with Crippen LogP contribution >= 0.6 is 0 Å². The zero-order valence-electron chi connectivity index (χ0n) is 43.3. The first-order valence-electron chi connectivity index (χ1n) is 25.2. The molecule has 0 bridgehead atoms. The summed E-state index contributed by atoms with van der Waals surface area (Å²) < 4.78 is 20.5. The number of para-hydroxylation sites is 3. The van der Waals surface area contributed by atoms with Gasteiger partial charge in [0, 0.05) is 50.0 Å². The molecule has 11 aromatic rings. The quantitative estimate of drug-likeness (QED) is 0.161. The van der Waals surface area contributed by atoms with E-state index in [9.17, 15) is 0 Å². The standard InChI is InChI=1S/C66H57N4O.Pt/c1-64(2,3)43-19-14-18-42(36-43)49-25-16-26-55-51-23-11-10-22-50(51)52-32-30-44(65(4,5)6)37-57(52)56-27-17-29-59-63(56)69(62(49)55)41-68(59)46-20-15-21-47(39-46)71-48-31-33-54-53-24-12-13-28-58(53)70(60(54)40-48)61-38-45(34-35-67-61)66(7,8)9;/h10-38,41H,1-9H3;/q-3;/i14D;. The van der Waals surface area contributed by atoms with Crippen LogP contribution in [-0.2, 0) is 37.3 Å². The van der Waals surface area contributed by atoms with Crippen LogP contribution in [0.1, 0.15) is 80.4 Å². The SMILES string of the molecule is [2H]c1cc(-c2cccc3c4ccccc4c4ccc(C(C)(C)C)cc4c4cccc5c4n(c23)[CH-]N5c2[c-]c(Oc3[c-]c4c(cc3)c3ccccc3n4-c3cc(C(C)(C)C)ccn3)ccc2)cc(C(C)(C)C)c1.[Pt]. The Bertz CT molecular complexity index is 4090. The van der Waals surface area contributed by atoms with Crippen LogP contribution in [0.2, 0.25) is 0 Å². The van der Waals surface area contributed by atoms with Crippen molar-refractivity contribution in [2.24, 2.45) is 0 Å². The summed E-state index contributed by atoms with van der Waals surface area (Å²) in [6.45, 7) is 22.4. The maximum atomic E-state index is 9.09. The maximum absolute atomic E-state index is 9.09. The van der Waals surface area contributed by atoms with Crippen molar-refractivity contribution in [1.29, 1.82) is 0 Å². The van der Waals surface area contributed by atoms with Gasteiger partial charge in [0.05, 0.1) is 1.37 Å². The second-order valence-corrected chi connectivity index (χ2v) is 22.1. The van der Waals surface area contributed by atoms with Crippen molar-refractivity contribution in [2.45, 2.75) is 78.6 Å². The number of anilines is 2. The molecule has 12 rings (SSSR count). The van der Waals surface area contributed by atoms with Gasteiger partial charge in [0.25, 0.3) is 0 Å². The minimum atomic E-state index is -0.151. The molecule has 1 aliphatic rings. The van der Waals surface area contributed by atoms with E-state index < -0.39 is 0 Å². The van der Waals surface area contributed by atoms with Gasteiger partial charge in [-0.3, -0.25) is 0 Å². The van der Waals surface area contributed by atoms with E-state index in [-0.39, 0.29) is 37.3 Å². The molecule has 0 radical (unpaired) electrons. The molecular weight excluding hydrogens is 1060 g/mol. The number of fused-ring (bicyclic) bond motifs is 10. The molecule has 5 nitrogen and oxygen atoms in total. The Morgan fingerprint density at radius 1 is 0.514 bits per heavy atom. The monoisotopic (exact) mass is 1120 g/mol. The second kappa shape index (κ2) is 17.5. The van der Waals surface area contributed by atoms with E-state index >= 15 is 0 Å². The van der Waals surface area contributed by atoms with E-state index in [0.29, 0.717) is 17.5 Å². The normalized spacial score (nSPS) is 13.0. The topological polar surface area (TPSA) is 35.2 Å². The Morgan fingerprint density at radius 3 is 1.89 bits per heavy atom. The molecule has 8 aromatic carbocycles. The summed E-state index contributed by atoms with van der Waals surface area (Å²) in [7, 11) is 0. The van der Waals surface area contributed by atoms with E-state index in [0.717, 1.165) is 82.9 Å². The predicted octanol–water partition coefficient (Wildman–Crippen LogP) is 17.8. The number of benzene rings is 8. The second-order valence-electron chi connectivity index (χ2n) is 22.1. The van der Waals surface area contributed by atoms with Gasteiger partial charge in [0.1, 0.15) is 5.82 Å². The minimum absolute atomic E-state index is 0. The Balaban J connectivity index is 0.00000574. The number of rotatable bonds is 5. The van der Waals surface area contributed by atoms with E-state index in [2.05, 4.69) is 229 Å². The van der Waals surface area contributed by atoms with Crippen molar-refractivity contribution in [2.75, 3.05) is 4.90 Å². The zero-order valence-corrected chi connectivity index (χ0v) is 44.5. The Labute approximate surface area is 438 Å². The summed E-state index contributed by atoms with van der Waals surface area (Å²) >= 11 is 0. The van der Waals surface area contributed by atoms with Gasteiger partial charge in [-0.1, -0.05) is 189 Å². The minimum Gasteiger partial charge on any atom is -0.509 e. The summed E-state index contributed by atoms with van der Waals surface area (Å²) in [5.41, 5.74) is 11.3. The van der Waals surface area contributed by atoms with Gasteiger partial charge in [-0.25, -0.2) is 4.98 Å². The van der Waals surface area contributed by atoms with E-state index in [1.807, 2.05) is 36.5 Å². The van der Waals surface area contributed by atoms with Gasteiger partial charge < -0.3 is 18.8 Å². The average Bonchev–Trinajstić information content (AvgIpc) is 3.92. The van der Waals surface area contributed by atoms with Crippen molar-refractivity contribution >= 4 is 76.5 Å². The third-order valence-corrected chi connectivity index (χ3v) is 14.3. The zero-order chi connectivity index (χ0) is 49.8. The van der Waals surface area contributed by atoms with Gasteiger partial charge in [0.15, 0.2) is 0 Å². The molecule has 0 saturated heterocycles. The van der Waals surface area contributed by atoms with Gasteiger partial charge in [-0.05, 0) is 124 Å². The Morgan fingerprint density at radius 2 is 1.12 bits per heavy atom. The van der Waals surface area contributed by atoms with Crippen LogP contribution in [0.25, 0.3) is 82.1 Å². The molecule has 1 aliphatic heterocycles. The van der Waals surface area contributed by atoms with Crippen molar-refractivity contribution < 1.29 is 27.2 Å². The first-order valence-corrected chi connectivity index (χ1v) is 24.7. The first kappa shape index (κ1) is 45.8. The third-order valence-electron chi connectivity index (χ3n) is 14.3. The summed E-state index contributed by atoms with van der Waals surface area (Å²) in [6.07, 6.45) is 1.90. The molecule has 72 heavy (non-hydrogen) atoms. The molecule has 0 saturated carbocycles. The van der Waals surface area contributed by atoms with Crippen molar-refractivity contribution in [1.82, 2.24) is 14.1 Å². The van der Waals surface area contributed by atoms with Gasteiger partial charge in [0.2, 0.25) is 0 Å². The van der Waals surface area contributed by atoms with Crippen molar-refractivity contribution in [3.05, 3.63) is 212 Å². The number of hydrogen-bond acceptors (Lipinski definition) is 3. The summed E-state index contributed by atoms with van der Waals surface area (Å²) in [4.78, 5) is 7.13. The van der Waals surface area contributed by atoms with Gasteiger partial charge in [-0.2, -0.15) is 12.1 Å². The number of hydrogen-bond donors (Lipinski definition) is 0. The van der Waals surface area contributed by atoms with Crippen LogP contribution in [0.3, 0.4) is 0 Å². The predicted molar refractivity (Wildman–Crippen MR) is 298 cm³/mol. The average molecular weight is 1120 g/mol.